The van der Waals surface area contributed by atoms with E-state index in [-0.39, 0.29) is 0 Å². The molecule has 24 heavy (non-hydrogen) atoms. The molecule has 0 aromatic carbocycles. The molecule has 0 N–H and O–H groups in total. The van der Waals surface area contributed by atoms with E-state index in [4.69, 9.17) is 27.5 Å². The van der Waals surface area contributed by atoms with Crippen LogP contribution in [0.1, 0.15) is 47.0 Å². The predicted octanol–water partition coefficient (Wildman–Crippen LogP) is 3.27. The maximum Gasteiger partial charge on any atom is 0.501 e. The van der Waals surface area contributed by atoms with Crippen LogP contribution >= 0.6 is 0 Å². The number of ether oxygens (including phenoxy) is 3. The van der Waals surface area contributed by atoms with Gasteiger partial charge in [0.15, 0.2) is 0 Å². The van der Waals surface area contributed by atoms with E-state index in [0.717, 1.165) is 25.3 Å². The first-order valence-corrected chi connectivity index (χ1v) is 11.3. The smallest absolute Gasteiger partial charge is 0.379 e. The average molecular weight is 367 g/mol. The summed E-state index contributed by atoms with van der Waals surface area (Å²) in [5.41, 5.74) is 0. The molecule has 0 unspecified atom stereocenters. The van der Waals surface area contributed by atoms with Crippen LogP contribution in [0, 0.1) is 0 Å². The molecular formula is C17H38O6Si. The normalized spacial score (nSPS) is 12.0. The molecule has 0 amide bonds. The van der Waals surface area contributed by atoms with Crippen molar-refractivity contribution in [2.75, 3.05) is 59.5 Å². The molecule has 0 aromatic heterocycles. The summed E-state index contributed by atoms with van der Waals surface area (Å²) in [6.07, 6.45) is 3.34. The third-order valence-electron chi connectivity index (χ3n) is 3.35. The molecule has 0 fully saturated rings. The van der Waals surface area contributed by atoms with Gasteiger partial charge in [0.2, 0.25) is 0 Å². The zero-order valence-corrected chi connectivity index (χ0v) is 17.1. The van der Waals surface area contributed by atoms with Crippen molar-refractivity contribution < 1.29 is 27.5 Å². The van der Waals surface area contributed by atoms with Crippen molar-refractivity contribution in [3.05, 3.63) is 0 Å². The molecule has 7 heteroatoms. The molecule has 0 heterocycles. The lowest BCUT2D eigenvalue weighted by Crippen LogP contribution is -2.48. The van der Waals surface area contributed by atoms with Crippen molar-refractivity contribution in [2.45, 2.75) is 53.0 Å². The molecule has 0 rings (SSSR count). The van der Waals surface area contributed by atoms with E-state index < -0.39 is 8.80 Å². The first-order chi connectivity index (χ1) is 11.7. The van der Waals surface area contributed by atoms with Crippen LogP contribution in [0.3, 0.4) is 0 Å². The summed E-state index contributed by atoms with van der Waals surface area (Å²) >= 11 is 0. The fourth-order valence-electron chi connectivity index (χ4n) is 2.13. The summed E-state index contributed by atoms with van der Waals surface area (Å²) in [5.74, 6) is 0. The van der Waals surface area contributed by atoms with Crippen molar-refractivity contribution >= 4 is 8.80 Å². The lowest BCUT2D eigenvalue weighted by atomic mass is 10.3. The standard InChI is InChI=1S/C17H38O6Si/c1-5-9-10-17-24(21-14-11-18-6-2,22-15-12-19-7-3)23-16-13-20-8-4/h5-17H2,1-4H3. The van der Waals surface area contributed by atoms with Gasteiger partial charge in [0.25, 0.3) is 0 Å². The van der Waals surface area contributed by atoms with Crippen molar-refractivity contribution in [3.63, 3.8) is 0 Å². The Balaban J connectivity index is 4.58. The summed E-state index contributed by atoms with van der Waals surface area (Å²) in [5, 5.41) is 0. The highest BCUT2D eigenvalue weighted by Gasteiger charge is 2.40. The van der Waals surface area contributed by atoms with E-state index in [9.17, 15) is 0 Å². The van der Waals surface area contributed by atoms with Gasteiger partial charge < -0.3 is 27.5 Å². The predicted molar refractivity (Wildman–Crippen MR) is 97.4 cm³/mol. The summed E-state index contributed by atoms with van der Waals surface area (Å²) in [7, 11) is -2.72. The minimum Gasteiger partial charge on any atom is -0.379 e. The van der Waals surface area contributed by atoms with Crippen LogP contribution in [-0.4, -0.2) is 68.3 Å². The first-order valence-electron chi connectivity index (χ1n) is 9.39. The van der Waals surface area contributed by atoms with Gasteiger partial charge in [-0.05, 0) is 27.2 Å². The third kappa shape index (κ3) is 13.3. The SMILES string of the molecule is CCCCC[Si](OCCOCC)(OCCOCC)OCCOCC. The Morgan fingerprint density at radius 2 is 0.958 bits per heavy atom. The zero-order chi connectivity index (χ0) is 17.9. The van der Waals surface area contributed by atoms with Crippen molar-refractivity contribution in [1.82, 2.24) is 0 Å². The number of unbranched alkanes of at least 4 members (excludes halogenated alkanes) is 2. The van der Waals surface area contributed by atoms with Crippen LogP contribution in [0.15, 0.2) is 0 Å². The highest BCUT2D eigenvalue weighted by Crippen LogP contribution is 2.20. The second kappa shape index (κ2) is 17.8. The van der Waals surface area contributed by atoms with Gasteiger partial charge in [-0.15, -0.1) is 0 Å². The van der Waals surface area contributed by atoms with E-state index in [2.05, 4.69) is 6.92 Å². The molecule has 0 aliphatic rings. The molecule has 0 radical (unpaired) electrons. The van der Waals surface area contributed by atoms with Gasteiger partial charge in [-0.1, -0.05) is 19.8 Å². The van der Waals surface area contributed by atoms with E-state index >= 15 is 0 Å². The second-order valence-electron chi connectivity index (χ2n) is 5.28. The summed E-state index contributed by atoms with van der Waals surface area (Å²) in [6.45, 7) is 13.3. The van der Waals surface area contributed by atoms with Crippen LogP contribution in [0.25, 0.3) is 0 Å². The fourth-order valence-corrected chi connectivity index (χ4v) is 4.68. The van der Waals surface area contributed by atoms with E-state index in [1.165, 1.54) is 0 Å². The number of hydrogen-bond donors (Lipinski definition) is 0. The molecule has 0 atom stereocenters. The van der Waals surface area contributed by atoms with Gasteiger partial charge in [-0.3, -0.25) is 0 Å². The fraction of sp³-hybridized carbons (Fsp3) is 1.00. The Kier molecular flexibility index (Phi) is 17.8. The maximum absolute atomic E-state index is 6.10. The molecule has 6 nitrogen and oxygen atoms in total. The minimum atomic E-state index is -2.72. The zero-order valence-electron chi connectivity index (χ0n) is 16.1. The Morgan fingerprint density at radius 3 is 1.29 bits per heavy atom. The summed E-state index contributed by atoms with van der Waals surface area (Å²) in [4.78, 5) is 0. The largest absolute Gasteiger partial charge is 0.501 e. The minimum absolute atomic E-state index is 0.495. The van der Waals surface area contributed by atoms with Gasteiger partial charge in [0.05, 0.1) is 39.6 Å². The average Bonchev–Trinajstić information content (AvgIpc) is 2.60. The van der Waals surface area contributed by atoms with Crippen molar-refractivity contribution in [3.8, 4) is 0 Å². The molecule has 0 aromatic rings. The second-order valence-corrected chi connectivity index (χ2v) is 8.01. The van der Waals surface area contributed by atoms with Gasteiger partial charge in [-0.25, -0.2) is 0 Å². The Bertz CT molecular complexity index is 224. The number of hydrogen-bond acceptors (Lipinski definition) is 6. The molecule has 0 saturated heterocycles. The van der Waals surface area contributed by atoms with Gasteiger partial charge in [0.1, 0.15) is 0 Å². The lowest BCUT2D eigenvalue weighted by Gasteiger charge is -2.30. The maximum atomic E-state index is 6.10. The molecule has 146 valence electrons. The topological polar surface area (TPSA) is 55.4 Å². The molecule has 0 spiro atoms. The molecular weight excluding hydrogens is 328 g/mol. The van der Waals surface area contributed by atoms with E-state index in [1.54, 1.807) is 0 Å². The van der Waals surface area contributed by atoms with Gasteiger partial charge >= 0.3 is 8.80 Å². The summed E-state index contributed by atoms with van der Waals surface area (Å²) < 4.78 is 34.4. The lowest BCUT2D eigenvalue weighted by molar-refractivity contribution is 0.00320. The van der Waals surface area contributed by atoms with Crippen LogP contribution in [0.2, 0.25) is 6.04 Å². The van der Waals surface area contributed by atoms with Crippen LogP contribution < -0.4 is 0 Å². The van der Waals surface area contributed by atoms with Crippen LogP contribution in [-0.2, 0) is 27.5 Å². The Morgan fingerprint density at radius 1 is 0.542 bits per heavy atom. The molecule has 0 aliphatic heterocycles. The van der Waals surface area contributed by atoms with Crippen molar-refractivity contribution in [2.24, 2.45) is 0 Å². The Hall–Kier alpha value is -0.0231. The summed E-state index contributed by atoms with van der Waals surface area (Å²) in [6, 6.07) is 0.825. The quantitative estimate of drug-likeness (QED) is 0.258. The monoisotopic (exact) mass is 366 g/mol. The third-order valence-corrected chi connectivity index (χ3v) is 6.25. The van der Waals surface area contributed by atoms with Crippen molar-refractivity contribution in [1.29, 1.82) is 0 Å². The molecule has 0 aliphatic carbocycles. The van der Waals surface area contributed by atoms with Gasteiger partial charge in [0, 0.05) is 25.9 Å². The van der Waals surface area contributed by atoms with Crippen LogP contribution in [0.4, 0.5) is 0 Å². The highest BCUT2D eigenvalue weighted by molar-refractivity contribution is 6.60. The van der Waals surface area contributed by atoms with E-state index in [0.29, 0.717) is 59.5 Å². The Labute approximate surface area is 149 Å². The van der Waals surface area contributed by atoms with Crippen LogP contribution in [0.5, 0.6) is 0 Å². The van der Waals surface area contributed by atoms with Gasteiger partial charge in [-0.2, -0.15) is 0 Å². The molecule has 0 bridgehead atoms. The molecule has 0 saturated carbocycles. The first kappa shape index (κ1) is 24.0. The number of rotatable bonds is 19. The van der Waals surface area contributed by atoms with E-state index in [1.807, 2.05) is 20.8 Å². The highest BCUT2D eigenvalue weighted by atomic mass is 28.4.